The third-order valence-electron chi connectivity index (χ3n) is 4.04. The molecule has 0 aliphatic carbocycles. The van der Waals surface area contributed by atoms with Crippen molar-refractivity contribution in [3.8, 4) is 0 Å². The van der Waals surface area contributed by atoms with Gasteiger partial charge in [0.15, 0.2) is 0 Å². The van der Waals surface area contributed by atoms with Crippen LogP contribution in [0.3, 0.4) is 0 Å². The standard InChI is InChI=1S/C15H17NO4/c1-16-13(17)8-9-4-5-10(7-11(9)15(16)19)14(18)12-3-2-6-20-12/h4-5,7,12,14,18H,2-3,6,8H2,1H3. The first kappa shape index (κ1) is 13.3. The molecule has 20 heavy (non-hydrogen) atoms. The molecule has 0 radical (unpaired) electrons. The lowest BCUT2D eigenvalue weighted by Gasteiger charge is -2.25. The highest BCUT2D eigenvalue weighted by atomic mass is 16.5. The van der Waals surface area contributed by atoms with Crippen LogP contribution in [-0.4, -0.2) is 41.6 Å². The van der Waals surface area contributed by atoms with Crippen LogP contribution in [0.5, 0.6) is 0 Å². The minimum absolute atomic E-state index is 0.199. The average molecular weight is 275 g/mol. The van der Waals surface area contributed by atoms with Crippen molar-refractivity contribution in [3.05, 3.63) is 34.9 Å². The van der Waals surface area contributed by atoms with E-state index < -0.39 is 6.10 Å². The summed E-state index contributed by atoms with van der Waals surface area (Å²) in [4.78, 5) is 24.9. The number of likely N-dealkylation sites (N-methyl/N-ethyl adjacent to an activating group) is 1. The minimum atomic E-state index is -0.724. The number of aliphatic hydroxyl groups excluding tert-OH is 1. The predicted molar refractivity (Wildman–Crippen MR) is 71.2 cm³/mol. The number of amides is 2. The number of imide groups is 1. The van der Waals surface area contributed by atoms with Gasteiger partial charge in [-0.3, -0.25) is 14.5 Å². The van der Waals surface area contributed by atoms with Gasteiger partial charge in [0, 0.05) is 19.2 Å². The van der Waals surface area contributed by atoms with Gasteiger partial charge in [0.05, 0.1) is 12.5 Å². The largest absolute Gasteiger partial charge is 0.386 e. The number of carbonyl (C=O) groups is 2. The Balaban J connectivity index is 1.92. The van der Waals surface area contributed by atoms with E-state index in [0.29, 0.717) is 17.7 Å². The molecule has 3 rings (SSSR count). The summed E-state index contributed by atoms with van der Waals surface area (Å²) in [5, 5.41) is 10.3. The van der Waals surface area contributed by atoms with Crippen LogP contribution in [-0.2, 0) is 16.0 Å². The zero-order valence-electron chi connectivity index (χ0n) is 11.3. The average Bonchev–Trinajstić information content (AvgIpc) is 2.98. The molecule has 2 amide bonds. The predicted octanol–water partition coefficient (Wildman–Crippen LogP) is 1.05. The molecule has 2 atom stereocenters. The molecule has 0 saturated carbocycles. The minimum Gasteiger partial charge on any atom is -0.386 e. The fraction of sp³-hybridized carbons (Fsp3) is 0.467. The van der Waals surface area contributed by atoms with E-state index in [0.717, 1.165) is 23.3 Å². The van der Waals surface area contributed by atoms with E-state index in [1.165, 1.54) is 7.05 Å². The van der Waals surface area contributed by atoms with Crippen LogP contribution in [0.1, 0.15) is 40.4 Å². The molecule has 106 valence electrons. The first-order valence-corrected chi connectivity index (χ1v) is 6.81. The maximum atomic E-state index is 12.1. The number of ether oxygens (including phenoxy) is 1. The molecule has 2 aliphatic heterocycles. The van der Waals surface area contributed by atoms with Gasteiger partial charge in [-0.05, 0) is 30.0 Å². The molecular weight excluding hydrogens is 258 g/mol. The summed E-state index contributed by atoms with van der Waals surface area (Å²) in [7, 11) is 1.48. The Bertz CT molecular complexity index is 563. The molecule has 0 aromatic heterocycles. The van der Waals surface area contributed by atoms with E-state index in [9.17, 15) is 14.7 Å². The molecule has 1 fully saturated rings. The molecular formula is C15H17NO4. The molecule has 2 unspecified atom stereocenters. The highest BCUT2D eigenvalue weighted by Gasteiger charge is 2.30. The second kappa shape index (κ2) is 5.00. The molecule has 1 saturated heterocycles. The molecule has 5 nitrogen and oxygen atoms in total. The van der Waals surface area contributed by atoms with E-state index >= 15 is 0 Å². The Kier molecular flexibility index (Phi) is 3.31. The highest BCUT2D eigenvalue weighted by molar-refractivity contribution is 6.09. The number of hydrogen-bond donors (Lipinski definition) is 1. The van der Waals surface area contributed by atoms with E-state index in [2.05, 4.69) is 0 Å². The zero-order chi connectivity index (χ0) is 14.3. The zero-order valence-corrected chi connectivity index (χ0v) is 11.3. The third-order valence-corrected chi connectivity index (χ3v) is 4.04. The lowest BCUT2D eigenvalue weighted by atomic mass is 9.93. The first-order valence-electron chi connectivity index (χ1n) is 6.81. The maximum Gasteiger partial charge on any atom is 0.260 e. The fourth-order valence-corrected chi connectivity index (χ4v) is 2.77. The quantitative estimate of drug-likeness (QED) is 0.819. The van der Waals surface area contributed by atoms with Gasteiger partial charge in [0.2, 0.25) is 5.91 Å². The van der Waals surface area contributed by atoms with E-state index in [1.54, 1.807) is 18.2 Å². The Morgan fingerprint density at radius 3 is 2.90 bits per heavy atom. The van der Waals surface area contributed by atoms with Crippen molar-refractivity contribution >= 4 is 11.8 Å². The van der Waals surface area contributed by atoms with Crippen LogP contribution in [0.15, 0.2) is 18.2 Å². The van der Waals surface area contributed by atoms with Crippen molar-refractivity contribution in [1.29, 1.82) is 0 Å². The summed E-state index contributed by atoms with van der Waals surface area (Å²) in [6.07, 6.45) is 1.08. The maximum absolute atomic E-state index is 12.1. The third kappa shape index (κ3) is 2.13. The molecule has 2 aliphatic rings. The summed E-state index contributed by atoms with van der Waals surface area (Å²) < 4.78 is 5.48. The van der Waals surface area contributed by atoms with Crippen molar-refractivity contribution in [2.24, 2.45) is 0 Å². The van der Waals surface area contributed by atoms with Gasteiger partial charge in [0.1, 0.15) is 6.10 Å². The topological polar surface area (TPSA) is 66.8 Å². The van der Waals surface area contributed by atoms with E-state index in [-0.39, 0.29) is 24.3 Å². The van der Waals surface area contributed by atoms with Gasteiger partial charge < -0.3 is 9.84 Å². The molecule has 1 N–H and O–H groups in total. The van der Waals surface area contributed by atoms with Crippen LogP contribution in [0.4, 0.5) is 0 Å². The van der Waals surface area contributed by atoms with Crippen LogP contribution in [0.25, 0.3) is 0 Å². The van der Waals surface area contributed by atoms with Crippen LogP contribution < -0.4 is 0 Å². The molecule has 1 aromatic carbocycles. The Morgan fingerprint density at radius 1 is 1.40 bits per heavy atom. The van der Waals surface area contributed by atoms with Crippen LogP contribution in [0, 0.1) is 0 Å². The molecule has 0 bridgehead atoms. The number of fused-ring (bicyclic) bond motifs is 1. The monoisotopic (exact) mass is 275 g/mol. The second-order valence-corrected chi connectivity index (χ2v) is 5.35. The number of benzene rings is 1. The van der Waals surface area contributed by atoms with E-state index in [4.69, 9.17) is 4.74 Å². The van der Waals surface area contributed by atoms with Crippen molar-refractivity contribution in [1.82, 2.24) is 4.90 Å². The van der Waals surface area contributed by atoms with Crippen molar-refractivity contribution in [2.45, 2.75) is 31.5 Å². The van der Waals surface area contributed by atoms with E-state index in [1.807, 2.05) is 0 Å². The second-order valence-electron chi connectivity index (χ2n) is 5.35. The smallest absolute Gasteiger partial charge is 0.260 e. The number of carbonyl (C=O) groups excluding carboxylic acids is 2. The van der Waals surface area contributed by atoms with Crippen LogP contribution in [0.2, 0.25) is 0 Å². The number of nitrogens with zero attached hydrogens (tertiary/aromatic N) is 1. The van der Waals surface area contributed by atoms with Crippen molar-refractivity contribution in [3.63, 3.8) is 0 Å². The highest BCUT2D eigenvalue weighted by Crippen LogP contribution is 2.29. The van der Waals surface area contributed by atoms with Gasteiger partial charge in [-0.25, -0.2) is 0 Å². The van der Waals surface area contributed by atoms with Crippen molar-refractivity contribution < 1.29 is 19.4 Å². The van der Waals surface area contributed by atoms with Gasteiger partial charge >= 0.3 is 0 Å². The summed E-state index contributed by atoms with van der Waals surface area (Å²) in [5.74, 6) is -0.507. The Morgan fingerprint density at radius 2 is 2.20 bits per heavy atom. The van der Waals surface area contributed by atoms with Gasteiger partial charge in [0.25, 0.3) is 5.91 Å². The van der Waals surface area contributed by atoms with Crippen LogP contribution >= 0.6 is 0 Å². The first-order chi connectivity index (χ1) is 9.58. The van der Waals surface area contributed by atoms with Gasteiger partial charge in [-0.15, -0.1) is 0 Å². The molecule has 2 heterocycles. The lowest BCUT2D eigenvalue weighted by Crippen LogP contribution is -2.39. The van der Waals surface area contributed by atoms with Crippen molar-refractivity contribution in [2.75, 3.05) is 13.7 Å². The SMILES string of the molecule is CN1C(=O)Cc2ccc(C(O)C3CCCO3)cc2C1=O. The molecule has 1 aromatic rings. The summed E-state index contributed by atoms with van der Waals surface area (Å²) in [6, 6.07) is 5.22. The molecule has 5 heteroatoms. The summed E-state index contributed by atoms with van der Waals surface area (Å²) >= 11 is 0. The summed E-state index contributed by atoms with van der Waals surface area (Å²) in [6.45, 7) is 0.669. The number of aliphatic hydroxyl groups is 1. The lowest BCUT2D eigenvalue weighted by molar-refractivity contribution is -0.127. The summed E-state index contributed by atoms with van der Waals surface area (Å²) in [5.41, 5.74) is 1.90. The molecule has 0 spiro atoms. The van der Waals surface area contributed by atoms with Gasteiger partial charge in [-0.2, -0.15) is 0 Å². The van der Waals surface area contributed by atoms with Gasteiger partial charge in [-0.1, -0.05) is 12.1 Å². The number of hydrogen-bond acceptors (Lipinski definition) is 4. The number of rotatable bonds is 2. The Labute approximate surface area is 117 Å². The normalized spacial score (nSPS) is 23.9. The Hall–Kier alpha value is -1.72. The fourth-order valence-electron chi connectivity index (χ4n) is 2.77.